The molecule has 1 aromatic heterocycles. The van der Waals surface area contributed by atoms with Gasteiger partial charge in [-0.3, -0.25) is 0 Å². The number of piperidine rings is 1. The molecule has 2 rings (SSSR count). The van der Waals surface area contributed by atoms with Crippen molar-refractivity contribution >= 4 is 17.4 Å². The molecule has 5 heteroatoms. The highest BCUT2D eigenvalue weighted by Crippen LogP contribution is 2.08. The lowest BCUT2D eigenvalue weighted by Gasteiger charge is -2.26. The minimum Gasteiger partial charge on any atom is -0.338 e. The topological polar surface area (TPSA) is 45.2 Å². The van der Waals surface area contributed by atoms with Crippen molar-refractivity contribution in [2.24, 2.45) is 0 Å². The van der Waals surface area contributed by atoms with Gasteiger partial charge in [0, 0.05) is 31.4 Å². The minimum absolute atomic E-state index is 0.0786. The quantitative estimate of drug-likeness (QED) is 0.875. The Kier molecular flexibility index (Phi) is 4.16. The molecule has 2 heterocycles. The monoisotopic (exact) mass is 239 g/mol. The average molecular weight is 239 g/mol. The molecular weight excluding hydrogens is 222 g/mol. The second-order valence-electron chi connectivity index (χ2n) is 4.01. The Hall–Kier alpha value is -1.10. The summed E-state index contributed by atoms with van der Waals surface area (Å²) < 4.78 is 0. The molecule has 0 atom stereocenters. The Morgan fingerprint density at radius 3 is 2.94 bits per heavy atom. The summed E-state index contributed by atoms with van der Waals surface area (Å²) in [4.78, 5) is 17.8. The summed E-state index contributed by atoms with van der Waals surface area (Å²) in [5, 5.41) is 4.96. The zero-order valence-corrected chi connectivity index (χ0v) is 10.1. The first kappa shape index (κ1) is 11.4. The van der Waals surface area contributed by atoms with E-state index in [1.165, 1.54) is 6.42 Å². The fraction of sp³-hybridized carbons (Fsp3) is 0.636. The molecule has 1 saturated heterocycles. The number of thiazole rings is 1. The molecule has 1 fully saturated rings. The maximum Gasteiger partial charge on any atom is 0.317 e. The zero-order chi connectivity index (χ0) is 11.2. The molecule has 0 unspecified atom stereocenters. The highest BCUT2D eigenvalue weighted by Gasteiger charge is 2.15. The molecule has 0 aromatic carbocycles. The van der Waals surface area contributed by atoms with Gasteiger partial charge in [0.15, 0.2) is 0 Å². The van der Waals surface area contributed by atoms with Crippen LogP contribution in [-0.4, -0.2) is 35.5 Å². The maximum absolute atomic E-state index is 11.7. The summed E-state index contributed by atoms with van der Waals surface area (Å²) in [6, 6.07) is 0.0786. The summed E-state index contributed by atoms with van der Waals surface area (Å²) in [5.74, 6) is 0. The van der Waals surface area contributed by atoms with E-state index in [4.69, 9.17) is 0 Å². The van der Waals surface area contributed by atoms with Crippen molar-refractivity contribution in [1.82, 2.24) is 15.2 Å². The van der Waals surface area contributed by atoms with Gasteiger partial charge in [-0.1, -0.05) is 0 Å². The lowest BCUT2D eigenvalue weighted by Crippen LogP contribution is -2.43. The average Bonchev–Trinajstić information content (AvgIpc) is 2.83. The van der Waals surface area contributed by atoms with Gasteiger partial charge in [-0.2, -0.15) is 0 Å². The summed E-state index contributed by atoms with van der Waals surface area (Å²) in [6.45, 7) is 2.49. The number of carbonyl (C=O) groups excluding carboxylic acids is 1. The van der Waals surface area contributed by atoms with Crippen LogP contribution in [0.4, 0.5) is 4.79 Å². The Balaban J connectivity index is 1.67. The smallest absolute Gasteiger partial charge is 0.317 e. The summed E-state index contributed by atoms with van der Waals surface area (Å²) in [7, 11) is 0. The van der Waals surface area contributed by atoms with Crippen LogP contribution in [0.1, 0.15) is 25.0 Å². The molecule has 4 nitrogen and oxygen atoms in total. The molecule has 1 aliphatic heterocycles. The first-order valence-electron chi connectivity index (χ1n) is 5.76. The highest BCUT2D eigenvalue weighted by molar-refractivity contribution is 7.07. The molecular formula is C11H17N3OS. The normalized spacial score (nSPS) is 16.1. The van der Waals surface area contributed by atoms with Crippen molar-refractivity contribution in [3.63, 3.8) is 0 Å². The number of nitrogens with one attached hydrogen (secondary N) is 1. The van der Waals surface area contributed by atoms with Gasteiger partial charge >= 0.3 is 6.03 Å². The maximum atomic E-state index is 11.7. The Labute approximate surface area is 99.7 Å². The molecule has 0 bridgehead atoms. The third kappa shape index (κ3) is 3.20. The molecule has 0 aliphatic carbocycles. The third-order valence-electron chi connectivity index (χ3n) is 2.78. The second kappa shape index (κ2) is 5.84. The van der Waals surface area contributed by atoms with Crippen molar-refractivity contribution in [3.8, 4) is 0 Å². The molecule has 0 radical (unpaired) electrons. The van der Waals surface area contributed by atoms with Gasteiger partial charge in [0.1, 0.15) is 0 Å². The van der Waals surface area contributed by atoms with Gasteiger partial charge in [-0.05, 0) is 19.3 Å². The van der Waals surface area contributed by atoms with E-state index >= 15 is 0 Å². The zero-order valence-electron chi connectivity index (χ0n) is 9.32. The summed E-state index contributed by atoms with van der Waals surface area (Å²) >= 11 is 1.59. The Bertz CT molecular complexity index is 320. The number of rotatable bonds is 3. The second-order valence-corrected chi connectivity index (χ2v) is 4.73. The van der Waals surface area contributed by atoms with Gasteiger partial charge in [0.05, 0.1) is 11.2 Å². The van der Waals surface area contributed by atoms with Crippen LogP contribution in [0.15, 0.2) is 10.9 Å². The van der Waals surface area contributed by atoms with Crippen LogP contribution < -0.4 is 5.32 Å². The molecule has 0 spiro atoms. The van der Waals surface area contributed by atoms with E-state index in [0.717, 1.165) is 38.0 Å². The van der Waals surface area contributed by atoms with Gasteiger partial charge in [0.2, 0.25) is 0 Å². The van der Waals surface area contributed by atoms with Crippen molar-refractivity contribution in [3.05, 3.63) is 16.6 Å². The van der Waals surface area contributed by atoms with Gasteiger partial charge < -0.3 is 10.2 Å². The van der Waals surface area contributed by atoms with E-state index in [-0.39, 0.29) is 6.03 Å². The molecule has 16 heavy (non-hydrogen) atoms. The lowest BCUT2D eigenvalue weighted by molar-refractivity contribution is 0.186. The van der Waals surface area contributed by atoms with E-state index in [0.29, 0.717) is 6.54 Å². The molecule has 0 saturated carbocycles. The standard InChI is InChI=1S/C11H17N3OS/c15-11(14-6-2-1-3-7-14)12-5-4-10-8-16-9-13-10/h8-9H,1-7H2,(H,12,15). The molecule has 1 aromatic rings. The predicted octanol–water partition coefficient (Wildman–Crippen LogP) is 1.88. The number of urea groups is 1. The summed E-state index contributed by atoms with van der Waals surface area (Å²) in [6.07, 6.45) is 4.35. The third-order valence-corrected chi connectivity index (χ3v) is 3.42. The van der Waals surface area contributed by atoms with Gasteiger partial charge in [-0.15, -0.1) is 11.3 Å². The first-order valence-corrected chi connectivity index (χ1v) is 6.70. The van der Waals surface area contributed by atoms with Crippen LogP contribution in [0.25, 0.3) is 0 Å². The van der Waals surface area contributed by atoms with E-state index in [2.05, 4.69) is 10.3 Å². The minimum atomic E-state index is 0.0786. The Morgan fingerprint density at radius 1 is 1.44 bits per heavy atom. The van der Waals surface area contributed by atoms with Crippen LogP contribution in [0.3, 0.4) is 0 Å². The van der Waals surface area contributed by atoms with Crippen molar-refractivity contribution in [2.45, 2.75) is 25.7 Å². The number of nitrogens with zero attached hydrogens (tertiary/aromatic N) is 2. The largest absolute Gasteiger partial charge is 0.338 e. The number of likely N-dealkylation sites (tertiary alicyclic amines) is 1. The summed E-state index contributed by atoms with van der Waals surface area (Å²) in [5.41, 5.74) is 2.88. The molecule has 1 N–H and O–H groups in total. The molecule has 88 valence electrons. The highest BCUT2D eigenvalue weighted by atomic mass is 32.1. The number of aromatic nitrogens is 1. The van der Waals surface area contributed by atoms with Crippen LogP contribution in [0.2, 0.25) is 0 Å². The van der Waals surface area contributed by atoms with Crippen LogP contribution >= 0.6 is 11.3 Å². The van der Waals surface area contributed by atoms with Gasteiger partial charge in [-0.25, -0.2) is 9.78 Å². The number of amides is 2. The van der Waals surface area contributed by atoms with Crippen LogP contribution in [0.5, 0.6) is 0 Å². The van der Waals surface area contributed by atoms with E-state index in [1.54, 1.807) is 11.3 Å². The number of hydrogen-bond donors (Lipinski definition) is 1. The van der Waals surface area contributed by atoms with Crippen molar-refractivity contribution in [1.29, 1.82) is 0 Å². The fourth-order valence-corrected chi connectivity index (χ4v) is 2.46. The SMILES string of the molecule is O=C(NCCc1cscn1)N1CCCCC1. The van der Waals surface area contributed by atoms with E-state index < -0.39 is 0 Å². The van der Waals surface area contributed by atoms with Crippen molar-refractivity contribution in [2.75, 3.05) is 19.6 Å². The number of hydrogen-bond acceptors (Lipinski definition) is 3. The number of carbonyl (C=O) groups is 1. The lowest BCUT2D eigenvalue weighted by atomic mass is 10.1. The predicted molar refractivity (Wildman–Crippen MR) is 64.6 cm³/mol. The molecule has 1 aliphatic rings. The fourth-order valence-electron chi connectivity index (χ4n) is 1.87. The van der Waals surface area contributed by atoms with Gasteiger partial charge in [0.25, 0.3) is 0 Å². The van der Waals surface area contributed by atoms with Crippen LogP contribution in [-0.2, 0) is 6.42 Å². The van der Waals surface area contributed by atoms with Crippen LogP contribution in [0, 0.1) is 0 Å². The Morgan fingerprint density at radius 2 is 2.25 bits per heavy atom. The van der Waals surface area contributed by atoms with E-state index in [9.17, 15) is 4.79 Å². The first-order chi connectivity index (χ1) is 7.86. The van der Waals surface area contributed by atoms with E-state index in [1.807, 2.05) is 15.8 Å². The van der Waals surface area contributed by atoms with Crippen molar-refractivity contribution < 1.29 is 4.79 Å². The molecule has 2 amide bonds.